The number of hydrogen-bond acceptors (Lipinski definition) is 2. The van der Waals surface area contributed by atoms with E-state index in [1.54, 1.807) is 0 Å². The monoisotopic (exact) mass is 281 g/mol. The number of hydrogen-bond donors (Lipinski definition) is 1. The molecule has 2 heteroatoms. The second kappa shape index (κ2) is 6.88. The van der Waals surface area contributed by atoms with E-state index >= 15 is 0 Å². The summed E-state index contributed by atoms with van der Waals surface area (Å²) >= 11 is 0. The zero-order valence-corrected chi connectivity index (χ0v) is 12.4. The lowest BCUT2D eigenvalue weighted by molar-refractivity contribution is 0.0691. The Balaban J connectivity index is 1.83. The largest absolute Gasteiger partial charge is 0.392 e. The highest BCUT2D eigenvalue weighted by Crippen LogP contribution is 2.26. The summed E-state index contributed by atoms with van der Waals surface area (Å²) in [5.74, 6) is 0.373. The van der Waals surface area contributed by atoms with Gasteiger partial charge in [0.15, 0.2) is 0 Å². The summed E-state index contributed by atoms with van der Waals surface area (Å²) in [6.45, 7) is 2.87. The van der Waals surface area contributed by atoms with Crippen LogP contribution in [0, 0.1) is 0 Å². The van der Waals surface area contributed by atoms with Crippen LogP contribution in [0.15, 0.2) is 60.7 Å². The first kappa shape index (κ1) is 14.3. The van der Waals surface area contributed by atoms with Gasteiger partial charge < -0.3 is 5.11 Å². The van der Waals surface area contributed by atoms with Crippen molar-refractivity contribution in [2.24, 2.45) is 0 Å². The van der Waals surface area contributed by atoms with Gasteiger partial charge in [-0.2, -0.15) is 0 Å². The van der Waals surface area contributed by atoms with E-state index in [2.05, 4.69) is 65.6 Å². The van der Waals surface area contributed by atoms with Gasteiger partial charge in [0.2, 0.25) is 0 Å². The molecule has 1 heterocycles. The number of rotatable bonds is 4. The quantitative estimate of drug-likeness (QED) is 0.929. The van der Waals surface area contributed by atoms with Crippen molar-refractivity contribution in [2.75, 3.05) is 19.6 Å². The van der Waals surface area contributed by atoms with Gasteiger partial charge in [-0.05, 0) is 30.5 Å². The Bertz CT molecular complexity index is 501. The van der Waals surface area contributed by atoms with Gasteiger partial charge in [-0.3, -0.25) is 4.90 Å². The van der Waals surface area contributed by atoms with E-state index in [1.807, 2.05) is 0 Å². The molecule has 0 radical (unpaired) electrons. The summed E-state index contributed by atoms with van der Waals surface area (Å²) in [6, 6.07) is 21.4. The van der Waals surface area contributed by atoms with Crippen LogP contribution in [0.1, 0.15) is 29.9 Å². The van der Waals surface area contributed by atoms with Crippen molar-refractivity contribution in [3.63, 3.8) is 0 Å². The summed E-state index contributed by atoms with van der Waals surface area (Å²) < 4.78 is 0. The standard InChI is InChI=1S/C19H23NO/c21-18-12-7-13-20(14-18)15-19(16-8-3-1-4-9-16)17-10-5-2-6-11-17/h1-6,8-11,18-19,21H,7,12-15H2/t18-/m0/s1. The zero-order valence-electron chi connectivity index (χ0n) is 12.4. The fraction of sp³-hybridized carbons (Fsp3) is 0.368. The van der Waals surface area contributed by atoms with Gasteiger partial charge >= 0.3 is 0 Å². The fourth-order valence-corrected chi connectivity index (χ4v) is 3.23. The molecule has 2 nitrogen and oxygen atoms in total. The van der Waals surface area contributed by atoms with Crippen molar-refractivity contribution < 1.29 is 5.11 Å². The predicted octanol–water partition coefficient (Wildman–Crippen LogP) is 3.28. The lowest BCUT2D eigenvalue weighted by atomic mass is 9.90. The molecule has 1 N–H and O–H groups in total. The normalized spacial score (nSPS) is 19.8. The van der Waals surface area contributed by atoms with Crippen LogP contribution in [-0.2, 0) is 0 Å². The molecule has 0 bridgehead atoms. The first-order chi connectivity index (χ1) is 10.3. The van der Waals surface area contributed by atoms with Gasteiger partial charge in [0, 0.05) is 19.0 Å². The average molecular weight is 281 g/mol. The number of benzene rings is 2. The smallest absolute Gasteiger partial charge is 0.0667 e. The van der Waals surface area contributed by atoms with E-state index in [0.29, 0.717) is 5.92 Å². The van der Waals surface area contributed by atoms with E-state index < -0.39 is 0 Å². The van der Waals surface area contributed by atoms with E-state index in [4.69, 9.17) is 0 Å². The lowest BCUT2D eigenvalue weighted by Crippen LogP contribution is -2.40. The zero-order chi connectivity index (χ0) is 14.5. The van der Waals surface area contributed by atoms with Crippen molar-refractivity contribution >= 4 is 0 Å². The van der Waals surface area contributed by atoms with Crippen molar-refractivity contribution in [1.29, 1.82) is 0 Å². The minimum Gasteiger partial charge on any atom is -0.392 e. The lowest BCUT2D eigenvalue weighted by Gasteiger charge is -2.33. The number of aliphatic hydroxyl groups is 1. The summed E-state index contributed by atoms with van der Waals surface area (Å²) in [5.41, 5.74) is 2.70. The Morgan fingerprint density at radius 3 is 2.05 bits per heavy atom. The number of nitrogens with zero attached hydrogens (tertiary/aromatic N) is 1. The van der Waals surface area contributed by atoms with Crippen LogP contribution in [0.2, 0.25) is 0 Å². The molecule has 0 amide bonds. The Hall–Kier alpha value is -1.64. The summed E-state index contributed by atoms with van der Waals surface area (Å²) in [4.78, 5) is 2.40. The van der Waals surface area contributed by atoms with Gasteiger partial charge in [0.25, 0.3) is 0 Å². The van der Waals surface area contributed by atoms with E-state index in [0.717, 1.165) is 32.5 Å². The van der Waals surface area contributed by atoms with Crippen molar-refractivity contribution in [1.82, 2.24) is 4.90 Å². The van der Waals surface area contributed by atoms with Gasteiger partial charge in [-0.25, -0.2) is 0 Å². The molecule has 0 saturated carbocycles. The third kappa shape index (κ3) is 3.72. The molecule has 3 rings (SSSR count). The maximum atomic E-state index is 9.89. The molecule has 1 fully saturated rings. The van der Waals surface area contributed by atoms with Crippen LogP contribution < -0.4 is 0 Å². The highest BCUT2D eigenvalue weighted by Gasteiger charge is 2.22. The molecular formula is C19H23NO. The van der Waals surface area contributed by atoms with Crippen LogP contribution in [0.5, 0.6) is 0 Å². The van der Waals surface area contributed by atoms with Crippen LogP contribution in [0.3, 0.4) is 0 Å². The Labute approximate surface area is 127 Å². The van der Waals surface area contributed by atoms with Crippen molar-refractivity contribution in [3.8, 4) is 0 Å². The average Bonchev–Trinajstić information content (AvgIpc) is 2.54. The SMILES string of the molecule is O[C@H]1CCCN(CC(c2ccccc2)c2ccccc2)C1. The molecule has 1 atom stereocenters. The Kier molecular flexibility index (Phi) is 4.69. The number of piperidine rings is 1. The first-order valence-corrected chi connectivity index (χ1v) is 7.83. The molecule has 2 aromatic rings. The summed E-state index contributed by atoms with van der Waals surface area (Å²) in [5, 5.41) is 9.89. The van der Waals surface area contributed by atoms with Crippen molar-refractivity contribution in [2.45, 2.75) is 24.9 Å². The maximum absolute atomic E-state index is 9.89. The van der Waals surface area contributed by atoms with E-state index in [-0.39, 0.29) is 6.10 Å². The molecule has 1 aliphatic rings. The fourth-order valence-electron chi connectivity index (χ4n) is 3.23. The second-order valence-electron chi connectivity index (χ2n) is 5.93. The van der Waals surface area contributed by atoms with Crippen LogP contribution in [0.4, 0.5) is 0 Å². The highest BCUT2D eigenvalue weighted by molar-refractivity contribution is 5.32. The first-order valence-electron chi connectivity index (χ1n) is 7.83. The molecule has 21 heavy (non-hydrogen) atoms. The maximum Gasteiger partial charge on any atom is 0.0667 e. The number of likely N-dealkylation sites (tertiary alicyclic amines) is 1. The molecule has 0 aromatic heterocycles. The second-order valence-corrected chi connectivity index (χ2v) is 5.93. The molecule has 1 aliphatic heterocycles. The van der Waals surface area contributed by atoms with Gasteiger partial charge in [0.05, 0.1) is 6.10 Å². The van der Waals surface area contributed by atoms with E-state index in [9.17, 15) is 5.11 Å². The highest BCUT2D eigenvalue weighted by atomic mass is 16.3. The summed E-state index contributed by atoms with van der Waals surface area (Å²) in [7, 11) is 0. The number of aliphatic hydroxyl groups excluding tert-OH is 1. The molecule has 2 aromatic carbocycles. The van der Waals surface area contributed by atoms with Gasteiger partial charge in [-0.1, -0.05) is 60.7 Å². The van der Waals surface area contributed by atoms with Crippen LogP contribution >= 0.6 is 0 Å². The summed E-state index contributed by atoms with van der Waals surface area (Å²) in [6.07, 6.45) is 1.88. The van der Waals surface area contributed by atoms with Gasteiger partial charge in [-0.15, -0.1) is 0 Å². The molecule has 1 saturated heterocycles. The van der Waals surface area contributed by atoms with Crippen molar-refractivity contribution in [3.05, 3.63) is 71.8 Å². The minimum absolute atomic E-state index is 0.161. The third-order valence-corrected chi connectivity index (χ3v) is 4.33. The third-order valence-electron chi connectivity index (χ3n) is 4.33. The Morgan fingerprint density at radius 1 is 0.952 bits per heavy atom. The van der Waals surface area contributed by atoms with E-state index in [1.165, 1.54) is 11.1 Å². The minimum atomic E-state index is -0.161. The number of β-amino-alcohol motifs (C(OH)–C–C–N with tert-alkyl or cyclic N) is 1. The molecule has 0 unspecified atom stereocenters. The predicted molar refractivity (Wildman–Crippen MR) is 86.4 cm³/mol. The van der Waals surface area contributed by atoms with Crippen LogP contribution in [0.25, 0.3) is 0 Å². The molecular weight excluding hydrogens is 258 g/mol. The van der Waals surface area contributed by atoms with Crippen LogP contribution in [-0.4, -0.2) is 35.7 Å². The topological polar surface area (TPSA) is 23.5 Å². The Morgan fingerprint density at radius 2 is 1.52 bits per heavy atom. The molecule has 110 valence electrons. The molecule has 0 spiro atoms. The molecule has 0 aliphatic carbocycles. The van der Waals surface area contributed by atoms with Gasteiger partial charge in [0.1, 0.15) is 0 Å².